The Kier molecular flexibility index (Phi) is 5.87. The Labute approximate surface area is 141 Å². The molecule has 0 atom stereocenters. The first-order chi connectivity index (χ1) is 11.1. The fraction of sp³-hybridized carbons (Fsp3) is 0.0625. The molecular formula is C16H14BrN3O3. The van der Waals surface area contributed by atoms with Crippen molar-refractivity contribution < 1.29 is 14.3 Å². The van der Waals surface area contributed by atoms with Crippen molar-refractivity contribution in [1.29, 1.82) is 0 Å². The van der Waals surface area contributed by atoms with Crippen LogP contribution in [0.2, 0.25) is 0 Å². The van der Waals surface area contributed by atoms with E-state index in [1.165, 1.54) is 6.21 Å². The van der Waals surface area contributed by atoms with E-state index in [0.717, 1.165) is 4.47 Å². The van der Waals surface area contributed by atoms with Gasteiger partial charge in [0.15, 0.2) is 6.61 Å². The summed E-state index contributed by atoms with van der Waals surface area (Å²) in [5, 5.41) is 3.91. The number of amides is 2. The van der Waals surface area contributed by atoms with Gasteiger partial charge in [-0.3, -0.25) is 9.59 Å². The van der Waals surface area contributed by atoms with Crippen LogP contribution in [0, 0.1) is 0 Å². The van der Waals surface area contributed by atoms with E-state index in [9.17, 15) is 9.59 Å². The number of benzene rings is 2. The summed E-state index contributed by atoms with van der Waals surface area (Å²) in [6.45, 7) is -0.237. The summed E-state index contributed by atoms with van der Waals surface area (Å²) < 4.78 is 6.10. The molecule has 0 saturated heterocycles. The third-order valence-electron chi connectivity index (χ3n) is 2.75. The molecular weight excluding hydrogens is 362 g/mol. The van der Waals surface area contributed by atoms with E-state index in [0.29, 0.717) is 16.9 Å². The minimum atomic E-state index is -0.576. The Balaban J connectivity index is 2.07. The van der Waals surface area contributed by atoms with Gasteiger partial charge in [0.2, 0.25) is 0 Å². The largest absolute Gasteiger partial charge is 0.483 e. The molecule has 0 aromatic heterocycles. The number of primary amides is 1. The molecule has 2 aromatic carbocycles. The fourth-order valence-electron chi connectivity index (χ4n) is 1.72. The minimum Gasteiger partial charge on any atom is -0.483 e. The predicted octanol–water partition coefficient (Wildman–Crippen LogP) is 2.08. The van der Waals surface area contributed by atoms with E-state index >= 15 is 0 Å². The van der Waals surface area contributed by atoms with Crippen molar-refractivity contribution in [2.24, 2.45) is 10.8 Å². The van der Waals surface area contributed by atoms with E-state index < -0.39 is 5.91 Å². The summed E-state index contributed by atoms with van der Waals surface area (Å²) in [6.07, 6.45) is 1.43. The molecule has 0 heterocycles. The lowest BCUT2D eigenvalue weighted by molar-refractivity contribution is -0.119. The van der Waals surface area contributed by atoms with Gasteiger partial charge in [0.25, 0.3) is 11.8 Å². The number of nitrogens with one attached hydrogen (secondary N) is 1. The van der Waals surface area contributed by atoms with E-state index in [4.69, 9.17) is 10.5 Å². The monoisotopic (exact) mass is 375 g/mol. The average Bonchev–Trinajstić information content (AvgIpc) is 2.54. The van der Waals surface area contributed by atoms with Crippen molar-refractivity contribution >= 4 is 34.0 Å². The summed E-state index contributed by atoms with van der Waals surface area (Å²) in [5.41, 5.74) is 8.58. The zero-order valence-corrected chi connectivity index (χ0v) is 13.6. The lowest BCUT2D eigenvalue weighted by Gasteiger charge is -2.07. The van der Waals surface area contributed by atoms with Gasteiger partial charge in [0, 0.05) is 15.6 Å². The summed E-state index contributed by atoms with van der Waals surface area (Å²) in [6, 6.07) is 13.9. The van der Waals surface area contributed by atoms with Gasteiger partial charge in [-0.1, -0.05) is 34.1 Å². The number of ether oxygens (including phenoxy) is 1. The lowest BCUT2D eigenvalue weighted by Crippen LogP contribution is -2.20. The maximum Gasteiger partial charge on any atom is 0.271 e. The fourth-order valence-corrected chi connectivity index (χ4v) is 2.09. The van der Waals surface area contributed by atoms with E-state index in [1.807, 2.05) is 6.07 Å². The number of carbonyl (C=O) groups is 2. The molecule has 23 heavy (non-hydrogen) atoms. The third-order valence-corrected chi connectivity index (χ3v) is 3.24. The van der Waals surface area contributed by atoms with Crippen molar-refractivity contribution in [1.82, 2.24) is 5.43 Å². The Morgan fingerprint density at radius 3 is 2.65 bits per heavy atom. The van der Waals surface area contributed by atoms with Crippen LogP contribution in [0.15, 0.2) is 58.1 Å². The standard InChI is InChI=1S/C16H14BrN3O3/c17-13-6-7-14(23-10-15(18)21)12(8-13)9-19-20-16(22)11-4-2-1-3-5-11/h1-9H,10H2,(H2,18,21)(H,20,22)/b19-9+. The number of rotatable bonds is 6. The molecule has 0 spiro atoms. The number of carbonyl (C=O) groups excluding carboxylic acids is 2. The van der Waals surface area contributed by atoms with Gasteiger partial charge < -0.3 is 10.5 Å². The van der Waals surface area contributed by atoms with Gasteiger partial charge in [-0.25, -0.2) is 5.43 Å². The molecule has 0 aliphatic rings. The number of hydrazone groups is 1. The summed E-state index contributed by atoms with van der Waals surface area (Å²) in [4.78, 5) is 22.7. The molecule has 0 aliphatic carbocycles. The second-order valence-electron chi connectivity index (χ2n) is 4.50. The average molecular weight is 376 g/mol. The Hall–Kier alpha value is -2.67. The SMILES string of the molecule is NC(=O)COc1ccc(Br)cc1/C=N/NC(=O)c1ccccc1. The highest BCUT2D eigenvalue weighted by molar-refractivity contribution is 9.10. The highest BCUT2D eigenvalue weighted by Gasteiger charge is 2.06. The number of nitrogens with two attached hydrogens (primary N) is 1. The van der Waals surface area contributed by atoms with Gasteiger partial charge in [0.05, 0.1) is 6.21 Å². The molecule has 0 fully saturated rings. The molecule has 118 valence electrons. The predicted molar refractivity (Wildman–Crippen MR) is 90.3 cm³/mol. The first-order valence-corrected chi connectivity index (χ1v) is 7.44. The molecule has 3 N–H and O–H groups in total. The van der Waals surface area contributed by atoms with Crippen molar-refractivity contribution in [2.45, 2.75) is 0 Å². The van der Waals surface area contributed by atoms with Gasteiger partial charge in [-0.15, -0.1) is 0 Å². The van der Waals surface area contributed by atoms with Crippen molar-refractivity contribution in [3.05, 3.63) is 64.1 Å². The lowest BCUT2D eigenvalue weighted by atomic mass is 10.2. The van der Waals surface area contributed by atoms with Crippen molar-refractivity contribution in [3.63, 3.8) is 0 Å². The molecule has 7 heteroatoms. The third kappa shape index (κ3) is 5.23. The second-order valence-corrected chi connectivity index (χ2v) is 5.42. The van der Waals surface area contributed by atoms with Crippen LogP contribution in [0.3, 0.4) is 0 Å². The maximum absolute atomic E-state index is 11.9. The van der Waals surface area contributed by atoms with E-state index in [2.05, 4.69) is 26.5 Å². The maximum atomic E-state index is 11.9. The molecule has 0 saturated carbocycles. The molecule has 0 aliphatic heterocycles. The Morgan fingerprint density at radius 2 is 1.96 bits per heavy atom. The van der Waals surface area contributed by atoms with Crippen LogP contribution in [0.25, 0.3) is 0 Å². The van der Waals surface area contributed by atoms with E-state index in [1.54, 1.807) is 42.5 Å². The highest BCUT2D eigenvalue weighted by atomic mass is 79.9. The quantitative estimate of drug-likeness (QED) is 0.597. The molecule has 2 aromatic rings. The van der Waals surface area contributed by atoms with Crippen molar-refractivity contribution in [2.75, 3.05) is 6.61 Å². The number of nitrogens with zero attached hydrogens (tertiary/aromatic N) is 1. The van der Waals surface area contributed by atoms with Crippen LogP contribution in [0.1, 0.15) is 15.9 Å². The van der Waals surface area contributed by atoms with Crippen LogP contribution >= 0.6 is 15.9 Å². The first kappa shape index (κ1) is 16.7. The van der Waals surface area contributed by atoms with Gasteiger partial charge >= 0.3 is 0 Å². The highest BCUT2D eigenvalue weighted by Crippen LogP contribution is 2.21. The molecule has 2 amide bonds. The zero-order valence-electron chi connectivity index (χ0n) is 12.0. The van der Waals surface area contributed by atoms with Crippen LogP contribution in [-0.2, 0) is 4.79 Å². The van der Waals surface area contributed by atoms with Crippen LogP contribution in [0.5, 0.6) is 5.75 Å². The number of hydrogen-bond acceptors (Lipinski definition) is 4. The molecule has 2 rings (SSSR count). The molecule has 6 nitrogen and oxygen atoms in total. The molecule has 0 unspecified atom stereocenters. The zero-order chi connectivity index (χ0) is 16.7. The van der Waals surface area contributed by atoms with Gasteiger partial charge in [-0.2, -0.15) is 5.10 Å². The molecule has 0 radical (unpaired) electrons. The Bertz CT molecular complexity index is 733. The van der Waals surface area contributed by atoms with Crippen molar-refractivity contribution in [3.8, 4) is 5.75 Å². The summed E-state index contributed by atoms with van der Waals surface area (Å²) in [7, 11) is 0. The smallest absolute Gasteiger partial charge is 0.271 e. The van der Waals surface area contributed by atoms with Crippen LogP contribution in [0.4, 0.5) is 0 Å². The summed E-state index contributed by atoms with van der Waals surface area (Å²) >= 11 is 3.34. The van der Waals surface area contributed by atoms with Gasteiger partial charge in [0.1, 0.15) is 5.75 Å². The first-order valence-electron chi connectivity index (χ1n) is 6.65. The Morgan fingerprint density at radius 1 is 1.22 bits per heavy atom. The second kappa shape index (κ2) is 8.09. The van der Waals surface area contributed by atoms with Crippen LogP contribution in [-0.4, -0.2) is 24.6 Å². The number of halogens is 1. The van der Waals surface area contributed by atoms with Crippen LogP contribution < -0.4 is 15.9 Å². The minimum absolute atomic E-state index is 0.237. The normalized spacial score (nSPS) is 10.5. The van der Waals surface area contributed by atoms with Gasteiger partial charge in [-0.05, 0) is 30.3 Å². The topological polar surface area (TPSA) is 93.8 Å². The van der Waals surface area contributed by atoms with E-state index in [-0.39, 0.29) is 12.5 Å². The number of hydrogen-bond donors (Lipinski definition) is 2. The summed E-state index contributed by atoms with van der Waals surface area (Å²) in [5.74, 6) is -0.464. The molecule has 0 bridgehead atoms.